The number of aromatic nitrogens is 4. The predicted octanol–water partition coefficient (Wildman–Crippen LogP) is 3.62. The summed E-state index contributed by atoms with van der Waals surface area (Å²) in [5, 5.41) is 8.00. The molecular weight excluding hydrogens is 412 g/mol. The number of hydrogen-bond donors (Lipinski definition) is 3. The fraction of sp³-hybridized carbons (Fsp3) is 0.174. The lowest BCUT2D eigenvalue weighted by Gasteiger charge is -2.27. The first kappa shape index (κ1) is 19.5. The minimum absolute atomic E-state index is 0.0911. The number of fused-ring (bicyclic) bond motifs is 1. The molecule has 2 aromatic carbocycles. The van der Waals surface area contributed by atoms with Crippen molar-refractivity contribution in [3.8, 4) is 22.6 Å². The van der Waals surface area contributed by atoms with E-state index in [1.54, 1.807) is 12.1 Å². The Hall–Kier alpha value is -3.42. The molecule has 0 aliphatic carbocycles. The fourth-order valence-electron chi connectivity index (χ4n) is 3.93. The Morgan fingerprint density at radius 1 is 1.06 bits per heavy atom. The third-order valence-electron chi connectivity index (χ3n) is 5.58. The van der Waals surface area contributed by atoms with Gasteiger partial charge in [-0.1, -0.05) is 23.7 Å². The van der Waals surface area contributed by atoms with E-state index in [-0.39, 0.29) is 5.56 Å². The highest BCUT2D eigenvalue weighted by atomic mass is 35.5. The standard InChI is InChI=1S/C23H21ClN6O/c24-17-5-1-14(2-6-17)21-16(11-26-29-21)12-30-10-9-20-19(13-30)23(31)28-22(27-20)15-3-7-18(25)8-4-15/h1-8,11H,9-10,12-13,25H2,(H,26,29)(H,27,28,31). The molecule has 4 N–H and O–H groups in total. The van der Waals surface area contributed by atoms with E-state index in [2.05, 4.69) is 20.1 Å². The molecule has 0 bridgehead atoms. The van der Waals surface area contributed by atoms with Gasteiger partial charge in [-0.3, -0.25) is 14.8 Å². The van der Waals surface area contributed by atoms with Gasteiger partial charge in [0.15, 0.2) is 0 Å². The van der Waals surface area contributed by atoms with E-state index in [9.17, 15) is 4.79 Å². The summed E-state index contributed by atoms with van der Waals surface area (Å²) < 4.78 is 0. The summed E-state index contributed by atoms with van der Waals surface area (Å²) in [7, 11) is 0. The van der Waals surface area contributed by atoms with Crippen LogP contribution in [0.4, 0.5) is 5.69 Å². The lowest BCUT2D eigenvalue weighted by atomic mass is 10.0. The summed E-state index contributed by atoms with van der Waals surface area (Å²) >= 11 is 6.01. The molecule has 4 aromatic rings. The van der Waals surface area contributed by atoms with Crippen LogP contribution in [0.15, 0.2) is 59.5 Å². The number of rotatable bonds is 4. The summed E-state index contributed by atoms with van der Waals surface area (Å²) in [6, 6.07) is 15.0. The summed E-state index contributed by atoms with van der Waals surface area (Å²) in [5.74, 6) is 0.581. The minimum Gasteiger partial charge on any atom is -0.399 e. The number of H-pyrrole nitrogens is 2. The van der Waals surface area contributed by atoms with Gasteiger partial charge in [-0.2, -0.15) is 5.10 Å². The van der Waals surface area contributed by atoms with E-state index < -0.39 is 0 Å². The minimum atomic E-state index is -0.0911. The highest BCUT2D eigenvalue weighted by Crippen LogP contribution is 2.26. The first-order valence-corrected chi connectivity index (χ1v) is 10.4. The van der Waals surface area contributed by atoms with E-state index in [1.807, 2.05) is 42.6 Å². The molecule has 156 valence electrons. The number of nitrogens with two attached hydrogens (primary N) is 1. The quantitative estimate of drug-likeness (QED) is 0.427. The Kier molecular flexibility index (Phi) is 5.05. The number of anilines is 1. The number of hydrogen-bond acceptors (Lipinski definition) is 5. The molecule has 5 rings (SSSR count). The summed E-state index contributed by atoms with van der Waals surface area (Å²) in [4.78, 5) is 22.7. The van der Waals surface area contributed by atoms with Crippen molar-refractivity contribution in [2.75, 3.05) is 12.3 Å². The molecule has 0 fully saturated rings. The van der Waals surface area contributed by atoms with Crippen molar-refractivity contribution in [3.63, 3.8) is 0 Å². The summed E-state index contributed by atoms with van der Waals surface area (Å²) in [5.41, 5.74) is 11.9. The van der Waals surface area contributed by atoms with Gasteiger partial charge < -0.3 is 10.7 Å². The Labute approximate surface area is 183 Å². The summed E-state index contributed by atoms with van der Waals surface area (Å²) in [6.07, 6.45) is 2.56. The van der Waals surface area contributed by atoms with Crippen molar-refractivity contribution in [1.29, 1.82) is 0 Å². The summed E-state index contributed by atoms with van der Waals surface area (Å²) in [6.45, 7) is 2.05. The second kappa shape index (κ2) is 8.02. The predicted molar refractivity (Wildman–Crippen MR) is 122 cm³/mol. The fourth-order valence-corrected chi connectivity index (χ4v) is 4.06. The highest BCUT2D eigenvalue weighted by molar-refractivity contribution is 6.30. The topological polar surface area (TPSA) is 104 Å². The van der Waals surface area contributed by atoms with E-state index >= 15 is 0 Å². The molecule has 1 aliphatic rings. The lowest BCUT2D eigenvalue weighted by molar-refractivity contribution is 0.242. The number of benzene rings is 2. The zero-order chi connectivity index (χ0) is 21.4. The molecule has 8 heteroatoms. The van der Waals surface area contributed by atoms with Crippen LogP contribution in [0.5, 0.6) is 0 Å². The number of nitrogen functional groups attached to an aromatic ring is 1. The SMILES string of the molecule is Nc1ccc(-c2nc3c(c(=O)[nH]2)CN(Cc2cn[nH]c2-c2ccc(Cl)cc2)CC3)cc1. The molecule has 0 amide bonds. The molecule has 0 atom stereocenters. The van der Waals surface area contributed by atoms with E-state index in [1.165, 1.54) is 0 Å². The maximum Gasteiger partial charge on any atom is 0.255 e. The molecular formula is C23H21ClN6O. The molecule has 0 radical (unpaired) electrons. The van der Waals surface area contributed by atoms with Gasteiger partial charge >= 0.3 is 0 Å². The third-order valence-corrected chi connectivity index (χ3v) is 5.83. The second-order valence-electron chi connectivity index (χ2n) is 7.70. The molecule has 0 unspecified atom stereocenters. The van der Waals surface area contributed by atoms with Crippen molar-refractivity contribution >= 4 is 17.3 Å². The normalized spacial score (nSPS) is 13.8. The Morgan fingerprint density at radius 2 is 1.81 bits per heavy atom. The molecule has 31 heavy (non-hydrogen) atoms. The van der Waals surface area contributed by atoms with Crippen molar-refractivity contribution in [2.24, 2.45) is 0 Å². The monoisotopic (exact) mass is 432 g/mol. The smallest absolute Gasteiger partial charge is 0.255 e. The van der Waals surface area contributed by atoms with Gasteiger partial charge in [0.2, 0.25) is 0 Å². The largest absolute Gasteiger partial charge is 0.399 e. The maximum atomic E-state index is 12.8. The molecule has 1 aliphatic heterocycles. The van der Waals surface area contributed by atoms with Gasteiger partial charge in [-0.05, 0) is 42.0 Å². The van der Waals surface area contributed by atoms with Gasteiger partial charge in [0, 0.05) is 47.9 Å². The van der Waals surface area contributed by atoms with Gasteiger partial charge in [0.05, 0.1) is 23.1 Å². The van der Waals surface area contributed by atoms with Crippen LogP contribution in [-0.2, 0) is 19.5 Å². The molecule has 0 saturated carbocycles. The zero-order valence-electron chi connectivity index (χ0n) is 16.7. The third kappa shape index (κ3) is 3.97. The first-order valence-electron chi connectivity index (χ1n) is 10.1. The Bertz CT molecular complexity index is 1280. The van der Waals surface area contributed by atoms with Crippen molar-refractivity contribution in [1.82, 2.24) is 25.1 Å². The van der Waals surface area contributed by atoms with E-state index in [4.69, 9.17) is 22.3 Å². The van der Waals surface area contributed by atoms with Crippen LogP contribution >= 0.6 is 11.6 Å². The first-order chi connectivity index (χ1) is 15.1. The van der Waals surface area contributed by atoms with Crippen LogP contribution < -0.4 is 11.3 Å². The number of aromatic amines is 2. The second-order valence-corrected chi connectivity index (χ2v) is 8.14. The molecule has 7 nitrogen and oxygen atoms in total. The molecule has 3 heterocycles. The van der Waals surface area contributed by atoms with Gasteiger partial charge in [-0.25, -0.2) is 4.98 Å². The van der Waals surface area contributed by atoms with Gasteiger partial charge in [-0.15, -0.1) is 0 Å². The van der Waals surface area contributed by atoms with Crippen LogP contribution in [0, 0.1) is 0 Å². The number of nitrogens with zero attached hydrogens (tertiary/aromatic N) is 3. The Balaban J connectivity index is 1.37. The zero-order valence-corrected chi connectivity index (χ0v) is 17.5. The highest BCUT2D eigenvalue weighted by Gasteiger charge is 2.23. The van der Waals surface area contributed by atoms with Crippen LogP contribution in [-0.4, -0.2) is 31.6 Å². The van der Waals surface area contributed by atoms with Crippen molar-refractivity contribution in [3.05, 3.63) is 86.9 Å². The molecule has 2 aromatic heterocycles. The average molecular weight is 433 g/mol. The van der Waals surface area contributed by atoms with Gasteiger partial charge in [0.1, 0.15) is 5.82 Å². The van der Waals surface area contributed by atoms with Crippen LogP contribution in [0.2, 0.25) is 5.02 Å². The van der Waals surface area contributed by atoms with E-state index in [0.29, 0.717) is 29.6 Å². The number of nitrogens with one attached hydrogen (secondary N) is 2. The van der Waals surface area contributed by atoms with Crippen molar-refractivity contribution in [2.45, 2.75) is 19.5 Å². The maximum absolute atomic E-state index is 12.8. The van der Waals surface area contributed by atoms with E-state index in [0.717, 1.165) is 46.6 Å². The van der Waals surface area contributed by atoms with Crippen molar-refractivity contribution < 1.29 is 0 Å². The van der Waals surface area contributed by atoms with Crippen LogP contribution in [0.25, 0.3) is 22.6 Å². The lowest BCUT2D eigenvalue weighted by Crippen LogP contribution is -2.35. The number of halogens is 1. The average Bonchev–Trinajstić information content (AvgIpc) is 3.23. The van der Waals surface area contributed by atoms with Gasteiger partial charge in [0.25, 0.3) is 5.56 Å². The Morgan fingerprint density at radius 3 is 2.58 bits per heavy atom. The molecule has 0 spiro atoms. The van der Waals surface area contributed by atoms with Crippen LogP contribution in [0.1, 0.15) is 16.8 Å². The molecule has 0 saturated heterocycles. The van der Waals surface area contributed by atoms with Crippen LogP contribution in [0.3, 0.4) is 0 Å².